The van der Waals surface area contributed by atoms with E-state index in [2.05, 4.69) is 15.2 Å². The van der Waals surface area contributed by atoms with Crippen LogP contribution in [0.25, 0.3) is 0 Å². The highest BCUT2D eigenvalue weighted by Crippen LogP contribution is 2.37. The molecule has 3 aromatic rings. The molecule has 0 amide bonds. The van der Waals surface area contributed by atoms with Crippen molar-refractivity contribution in [2.45, 2.75) is 25.2 Å². The molecule has 1 aliphatic heterocycles. The van der Waals surface area contributed by atoms with Crippen LogP contribution in [-0.2, 0) is 9.47 Å². The number of hydrogen-bond donors (Lipinski definition) is 1. The molecule has 6 nitrogen and oxygen atoms in total. The third-order valence-corrected chi connectivity index (χ3v) is 4.80. The molecule has 1 N–H and O–H groups in total. The van der Waals surface area contributed by atoms with Gasteiger partial charge < -0.3 is 14.2 Å². The second-order valence-corrected chi connectivity index (χ2v) is 7.08. The summed E-state index contributed by atoms with van der Waals surface area (Å²) in [5.41, 5.74) is 0.816. The summed E-state index contributed by atoms with van der Waals surface area (Å²) in [4.78, 5) is 4.27. The first-order valence-electron chi connectivity index (χ1n) is 8.45. The van der Waals surface area contributed by atoms with E-state index in [4.69, 9.17) is 37.4 Å². The highest BCUT2D eigenvalue weighted by atomic mass is 35.5. The van der Waals surface area contributed by atoms with E-state index >= 15 is 0 Å². The number of halogens is 2. The molecule has 0 bridgehead atoms. The molecule has 0 radical (unpaired) electrons. The van der Waals surface area contributed by atoms with Gasteiger partial charge >= 0.3 is 0 Å². The van der Waals surface area contributed by atoms with Gasteiger partial charge in [-0.15, -0.1) is 0 Å². The quantitative estimate of drug-likeness (QED) is 0.660. The summed E-state index contributed by atoms with van der Waals surface area (Å²) in [5.74, 6) is 1.59. The van der Waals surface area contributed by atoms with E-state index < -0.39 is 6.29 Å². The lowest BCUT2D eigenvalue weighted by atomic mass is 9.97. The molecule has 2 heterocycles. The van der Waals surface area contributed by atoms with E-state index in [1.54, 1.807) is 30.3 Å². The Labute approximate surface area is 166 Å². The number of benzene rings is 2. The van der Waals surface area contributed by atoms with Gasteiger partial charge in [0.05, 0.1) is 18.6 Å². The molecule has 0 spiro atoms. The van der Waals surface area contributed by atoms with Crippen LogP contribution < -0.4 is 4.74 Å². The molecule has 1 aliphatic rings. The minimum atomic E-state index is -0.492. The van der Waals surface area contributed by atoms with Gasteiger partial charge in [-0.25, -0.2) is 4.98 Å². The SMILES string of the molecule is CC1COC(C(c2ncn[nH]2)c2ccc(Oc3ccc(Cl)cc3)cc2Cl)O1. The first-order valence-corrected chi connectivity index (χ1v) is 9.21. The Kier molecular flexibility index (Phi) is 5.31. The number of aromatic amines is 1. The molecule has 1 fully saturated rings. The smallest absolute Gasteiger partial charge is 0.172 e. The summed E-state index contributed by atoms with van der Waals surface area (Å²) in [6.45, 7) is 2.48. The third-order valence-electron chi connectivity index (χ3n) is 4.22. The molecule has 0 saturated carbocycles. The van der Waals surface area contributed by atoms with Crippen LogP contribution in [0.15, 0.2) is 48.8 Å². The number of H-pyrrole nitrogens is 1. The molecule has 4 rings (SSSR count). The van der Waals surface area contributed by atoms with Crippen LogP contribution in [0.2, 0.25) is 10.0 Å². The van der Waals surface area contributed by atoms with E-state index in [0.717, 1.165) is 5.56 Å². The summed E-state index contributed by atoms with van der Waals surface area (Å²) < 4.78 is 17.5. The minimum absolute atomic E-state index is 0.00621. The second kappa shape index (κ2) is 7.86. The van der Waals surface area contributed by atoms with Crippen molar-refractivity contribution >= 4 is 23.2 Å². The number of aromatic nitrogens is 3. The number of ether oxygens (including phenoxy) is 3. The zero-order valence-corrected chi connectivity index (χ0v) is 15.9. The Morgan fingerprint density at radius 3 is 2.56 bits per heavy atom. The summed E-state index contributed by atoms with van der Waals surface area (Å²) in [6.07, 6.45) is 0.965. The fourth-order valence-electron chi connectivity index (χ4n) is 2.96. The number of nitrogens with one attached hydrogen (secondary N) is 1. The third kappa shape index (κ3) is 4.09. The molecule has 27 heavy (non-hydrogen) atoms. The molecular weight excluding hydrogens is 389 g/mol. The van der Waals surface area contributed by atoms with Crippen LogP contribution >= 0.6 is 23.2 Å². The summed E-state index contributed by atoms with van der Waals surface area (Å²) in [7, 11) is 0. The van der Waals surface area contributed by atoms with Gasteiger partial charge in [-0.1, -0.05) is 29.3 Å². The lowest BCUT2D eigenvalue weighted by Crippen LogP contribution is -2.23. The van der Waals surface area contributed by atoms with E-state index in [0.29, 0.717) is 34.0 Å². The maximum absolute atomic E-state index is 6.57. The highest BCUT2D eigenvalue weighted by molar-refractivity contribution is 6.31. The maximum Gasteiger partial charge on any atom is 0.172 e. The largest absolute Gasteiger partial charge is 0.457 e. The summed E-state index contributed by atoms with van der Waals surface area (Å²) in [6, 6.07) is 12.6. The van der Waals surface area contributed by atoms with Crippen LogP contribution in [0, 0.1) is 0 Å². The van der Waals surface area contributed by atoms with Gasteiger partial charge in [-0.2, -0.15) is 5.10 Å². The van der Waals surface area contributed by atoms with Crippen LogP contribution in [-0.4, -0.2) is 34.2 Å². The molecule has 1 aromatic heterocycles. The Morgan fingerprint density at radius 1 is 1.15 bits per heavy atom. The number of nitrogens with zero attached hydrogens (tertiary/aromatic N) is 2. The molecular formula is C19H17Cl2N3O3. The minimum Gasteiger partial charge on any atom is -0.457 e. The Morgan fingerprint density at radius 2 is 1.93 bits per heavy atom. The lowest BCUT2D eigenvalue weighted by Gasteiger charge is -2.22. The lowest BCUT2D eigenvalue weighted by molar-refractivity contribution is -0.0660. The predicted octanol–water partition coefficient (Wildman–Crippen LogP) is 4.80. The van der Waals surface area contributed by atoms with Crippen LogP contribution in [0.3, 0.4) is 0 Å². The predicted molar refractivity (Wildman–Crippen MR) is 101 cm³/mol. The molecule has 8 heteroatoms. The van der Waals surface area contributed by atoms with Crippen molar-refractivity contribution in [2.24, 2.45) is 0 Å². The maximum atomic E-state index is 6.57. The van der Waals surface area contributed by atoms with Gasteiger partial charge in [0.1, 0.15) is 23.7 Å². The average molecular weight is 406 g/mol. The van der Waals surface area contributed by atoms with Gasteiger partial charge in [0.15, 0.2) is 6.29 Å². The van der Waals surface area contributed by atoms with Gasteiger partial charge in [-0.05, 0) is 48.9 Å². The standard InChI is InChI=1S/C19H17Cl2N3O3/c1-11-9-25-19(26-11)17(18-22-10-23-24-18)15-7-6-14(8-16(15)21)27-13-4-2-12(20)3-5-13/h2-8,10-11,17,19H,9H2,1H3,(H,22,23,24). The number of rotatable bonds is 5. The zero-order chi connectivity index (χ0) is 18.8. The van der Waals surface area contributed by atoms with Crippen molar-refractivity contribution in [3.05, 3.63) is 70.2 Å². The first-order chi connectivity index (χ1) is 13.1. The second-order valence-electron chi connectivity index (χ2n) is 6.24. The van der Waals surface area contributed by atoms with Gasteiger partial charge in [0.2, 0.25) is 0 Å². The van der Waals surface area contributed by atoms with Crippen molar-refractivity contribution in [2.75, 3.05) is 6.61 Å². The summed E-state index contributed by atoms with van der Waals surface area (Å²) in [5, 5.41) is 8.01. The average Bonchev–Trinajstić information content (AvgIpc) is 3.32. The van der Waals surface area contributed by atoms with E-state index in [9.17, 15) is 0 Å². The fourth-order valence-corrected chi connectivity index (χ4v) is 3.38. The van der Waals surface area contributed by atoms with Crippen molar-refractivity contribution in [3.63, 3.8) is 0 Å². The molecule has 2 aromatic carbocycles. The monoisotopic (exact) mass is 405 g/mol. The molecule has 3 unspecified atom stereocenters. The van der Waals surface area contributed by atoms with Crippen LogP contribution in [0.4, 0.5) is 0 Å². The van der Waals surface area contributed by atoms with Gasteiger partial charge in [0.25, 0.3) is 0 Å². The zero-order valence-electron chi connectivity index (χ0n) is 14.4. The molecule has 140 valence electrons. The molecule has 0 aliphatic carbocycles. The first kappa shape index (κ1) is 18.3. The van der Waals surface area contributed by atoms with E-state index in [-0.39, 0.29) is 12.0 Å². The molecule has 3 atom stereocenters. The van der Waals surface area contributed by atoms with Crippen molar-refractivity contribution in [1.29, 1.82) is 0 Å². The van der Waals surface area contributed by atoms with Crippen molar-refractivity contribution < 1.29 is 14.2 Å². The number of hydrogen-bond acceptors (Lipinski definition) is 5. The summed E-state index contributed by atoms with van der Waals surface area (Å²) >= 11 is 12.5. The van der Waals surface area contributed by atoms with Gasteiger partial charge in [-0.3, -0.25) is 5.10 Å². The van der Waals surface area contributed by atoms with Gasteiger partial charge in [0, 0.05) is 10.0 Å². The molecule has 1 saturated heterocycles. The Balaban J connectivity index is 1.62. The topological polar surface area (TPSA) is 69.3 Å². The Bertz CT molecular complexity index is 903. The Hall–Kier alpha value is -2.12. The van der Waals surface area contributed by atoms with Crippen molar-refractivity contribution in [3.8, 4) is 11.5 Å². The van der Waals surface area contributed by atoms with Crippen LogP contribution in [0.1, 0.15) is 24.2 Å². The van der Waals surface area contributed by atoms with Crippen LogP contribution in [0.5, 0.6) is 11.5 Å². The normalized spacial score (nSPS) is 20.6. The van der Waals surface area contributed by atoms with Crippen molar-refractivity contribution in [1.82, 2.24) is 15.2 Å². The fraction of sp³-hybridized carbons (Fsp3) is 0.263. The highest BCUT2D eigenvalue weighted by Gasteiger charge is 2.36. The van der Waals surface area contributed by atoms with E-state index in [1.165, 1.54) is 6.33 Å². The van der Waals surface area contributed by atoms with E-state index in [1.807, 2.05) is 19.1 Å².